The van der Waals surface area contributed by atoms with Crippen molar-refractivity contribution in [3.8, 4) is 0 Å². The number of rotatable bonds is 2. The minimum absolute atomic E-state index is 0.193. The highest BCUT2D eigenvalue weighted by molar-refractivity contribution is 5.78. The summed E-state index contributed by atoms with van der Waals surface area (Å²) in [5.41, 5.74) is 0. The maximum absolute atomic E-state index is 11.1. The van der Waals surface area contributed by atoms with Crippen LogP contribution >= 0.6 is 0 Å². The van der Waals surface area contributed by atoms with Crippen LogP contribution in [0.25, 0.3) is 0 Å². The molecule has 2 aliphatic rings. The van der Waals surface area contributed by atoms with E-state index in [2.05, 4.69) is 17.1 Å². The lowest BCUT2D eigenvalue weighted by atomic mass is 9.76. The highest BCUT2D eigenvalue weighted by atomic mass is 16.2. The standard InChI is InChI=1S/C10H18N2O/c1-8-4-9(5-8)6-12-3-2-11-10(13)7-12/h8-9H,2-7H2,1H3,(H,11,13). The van der Waals surface area contributed by atoms with Crippen LogP contribution in [0, 0.1) is 11.8 Å². The molecule has 1 aliphatic heterocycles. The summed E-state index contributed by atoms with van der Waals surface area (Å²) in [5, 5.41) is 2.85. The Morgan fingerprint density at radius 1 is 1.54 bits per heavy atom. The monoisotopic (exact) mass is 182 g/mol. The van der Waals surface area contributed by atoms with E-state index in [1.807, 2.05) is 0 Å². The maximum atomic E-state index is 11.1. The Balaban J connectivity index is 1.72. The Bertz CT molecular complexity index is 199. The van der Waals surface area contributed by atoms with Crippen molar-refractivity contribution < 1.29 is 4.79 Å². The minimum Gasteiger partial charge on any atom is -0.354 e. The van der Waals surface area contributed by atoms with E-state index in [1.54, 1.807) is 0 Å². The number of carbonyl (C=O) groups is 1. The molecule has 1 amide bonds. The SMILES string of the molecule is CC1CC(CN2CCNC(=O)C2)C1. The summed E-state index contributed by atoms with van der Waals surface area (Å²) in [6.45, 7) is 5.93. The van der Waals surface area contributed by atoms with Gasteiger partial charge in [-0.3, -0.25) is 9.69 Å². The molecule has 0 radical (unpaired) electrons. The minimum atomic E-state index is 0.193. The van der Waals surface area contributed by atoms with E-state index in [4.69, 9.17) is 0 Å². The molecule has 74 valence electrons. The van der Waals surface area contributed by atoms with Crippen LogP contribution in [0.5, 0.6) is 0 Å². The molecule has 0 spiro atoms. The van der Waals surface area contributed by atoms with Gasteiger partial charge in [0.1, 0.15) is 0 Å². The number of hydrogen-bond acceptors (Lipinski definition) is 2. The number of amides is 1. The van der Waals surface area contributed by atoms with E-state index in [9.17, 15) is 4.79 Å². The summed E-state index contributed by atoms with van der Waals surface area (Å²) in [6, 6.07) is 0. The number of piperazine rings is 1. The van der Waals surface area contributed by atoms with Crippen molar-refractivity contribution in [1.82, 2.24) is 10.2 Å². The Morgan fingerprint density at radius 2 is 2.31 bits per heavy atom. The predicted molar refractivity (Wildman–Crippen MR) is 51.3 cm³/mol. The van der Waals surface area contributed by atoms with Gasteiger partial charge in [0.05, 0.1) is 6.54 Å². The van der Waals surface area contributed by atoms with Gasteiger partial charge in [-0.2, -0.15) is 0 Å². The van der Waals surface area contributed by atoms with Gasteiger partial charge in [-0.25, -0.2) is 0 Å². The van der Waals surface area contributed by atoms with Crippen LogP contribution in [0.1, 0.15) is 19.8 Å². The Labute approximate surface area is 79.5 Å². The van der Waals surface area contributed by atoms with Gasteiger partial charge in [-0.1, -0.05) is 6.92 Å². The first kappa shape index (κ1) is 9.00. The zero-order valence-electron chi connectivity index (χ0n) is 8.25. The van der Waals surface area contributed by atoms with Crippen LogP contribution in [-0.2, 0) is 4.79 Å². The molecule has 0 unspecified atom stereocenters. The molecule has 3 nitrogen and oxygen atoms in total. The quantitative estimate of drug-likeness (QED) is 0.673. The normalized spacial score (nSPS) is 35.3. The number of carbonyl (C=O) groups excluding carboxylic acids is 1. The molecule has 1 aliphatic carbocycles. The van der Waals surface area contributed by atoms with E-state index in [-0.39, 0.29) is 5.91 Å². The van der Waals surface area contributed by atoms with E-state index in [0.717, 1.165) is 31.5 Å². The van der Waals surface area contributed by atoms with Crippen LogP contribution in [0.2, 0.25) is 0 Å². The molecular formula is C10H18N2O. The summed E-state index contributed by atoms with van der Waals surface area (Å²) in [4.78, 5) is 13.4. The smallest absolute Gasteiger partial charge is 0.234 e. The molecule has 0 aromatic heterocycles. The van der Waals surface area contributed by atoms with Gasteiger partial charge in [-0.05, 0) is 24.7 Å². The summed E-state index contributed by atoms with van der Waals surface area (Å²) < 4.78 is 0. The first-order chi connectivity index (χ1) is 6.24. The highest BCUT2D eigenvalue weighted by Gasteiger charge is 2.28. The molecular weight excluding hydrogens is 164 g/mol. The van der Waals surface area contributed by atoms with Gasteiger partial charge in [0.15, 0.2) is 0 Å². The summed E-state index contributed by atoms with van der Waals surface area (Å²) >= 11 is 0. The van der Waals surface area contributed by atoms with Crippen LogP contribution < -0.4 is 5.32 Å². The number of nitrogens with one attached hydrogen (secondary N) is 1. The maximum Gasteiger partial charge on any atom is 0.234 e. The Morgan fingerprint density at radius 3 is 2.92 bits per heavy atom. The van der Waals surface area contributed by atoms with E-state index >= 15 is 0 Å². The van der Waals surface area contributed by atoms with E-state index < -0.39 is 0 Å². The molecule has 2 fully saturated rings. The van der Waals surface area contributed by atoms with Gasteiger partial charge in [0.2, 0.25) is 5.91 Å². The largest absolute Gasteiger partial charge is 0.354 e. The molecule has 0 atom stereocenters. The van der Waals surface area contributed by atoms with Crippen LogP contribution in [-0.4, -0.2) is 37.0 Å². The van der Waals surface area contributed by atoms with Crippen molar-refractivity contribution in [3.63, 3.8) is 0 Å². The molecule has 13 heavy (non-hydrogen) atoms. The molecule has 0 aromatic rings. The highest BCUT2D eigenvalue weighted by Crippen LogP contribution is 2.33. The topological polar surface area (TPSA) is 32.3 Å². The van der Waals surface area contributed by atoms with Crippen molar-refractivity contribution in [3.05, 3.63) is 0 Å². The zero-order valence-corrected chi connectivity index (χ0v) is 8.25. The fourth-order valence-corrected chi connectivity index (χ4v) is 2.43. The van der Waals surface area contributed by atoms with Crippen molar-refractivity contribution in [2.75, 3.05) is 26.2 Å². The summed E-state index contributed by atoms with van der Waals surface area (Å²) in [7, 11) is 0. The lowest BCUT2D eigenvalue weighted by Gasteiger charge is -2.37. The second kappa shape index (κ2) is 3.66. The van der Waals surface area contributed by atoms with E-state index in [1.165, 1.54) is 12.8 Å². The lowest BCUT2D eigenvalue weighted by molar-refractivity contribution is -0.124. The Kier molecular flexibility index (Phi) is 2.54. The van der Waals surface area contributed by atoms with Crippen molar-refractivity contribution in [2.45, 2.75) is 19.8 Å². The van der Waals surface area contributed by atoms with Gasteiger partial charge in [-0.15, -0.1) is 0 Å². The third kappa shape index (κ3) is 2.21. The summed E-state index contributed by atoms with van der Waals surface area (Å²) in [5.74, 6) is 1.98. The van der Waals surface area contributed by atoms with Gasteiger partial charge in [0.25, 0.3) is 0 Å². The average molecular weight is 182 g/mol. The van der Waals surface area contributed by atoms with Gasteiger partial charge in [0, 0.05) is 19.6 Å². The van der Waals surface area contributed by atoms with Crippen LogP contribution in [0.15, 0.2) is 0 Å². The zero-order chi connectivity index (χ0) is 9.26. The molecule has 1 saturated heterocycles. The molecule has 1 saturated carbocycles. The van der Waals surface area contributed by atoms with Crippen molar-refractivity contribution in [1.29, 1.82) is 0 Å². The van der Waals surface area contributed by atoms with Crippen molar-refractivity contribution >= 4 is 5.91 Å². The number of nitrogens with zero attached hydrogens (tertiary/aromatic N) is 1. The van der Waals surface area contributed by atoms with Crippen LogP contribution in [0.4, 0.5) is 0 Å². The summed E-state index contributed by atoms with van der Waals surface area (Å²) in [6.07, 6.45) is 2.72. The van der Waals surface area contributed by atoms with E-state index in [0.29, 0.717) is 6.54 Å². The molecule has 1 heterocycles. The predicted octanol–water partition coefficient (Wildman–Crippen LogP) is 0.464. The fourth-order valence-electron chi connectivity index (χ4n) is 2.43. The first-order valence-electron chi connectivity index (χ1n) is 5.23. The molecule has 2 rings (SSSR count). The lowest BCUT2D eigenvalue weighted by Crippen LogP contribution is -2.50. The van der Waals surface area contributed by atoms with Gasteiger partial charge >= 0.3 is 0 Å². The first-order valence-corrected chi connectivity index (χ1v) is 5.23. The molecule has 0 bridgehead atoms. The van der Waals surface area contributed by atoms with Gasteiger partial charge < -0.3 is 5.32 Å². The van der Waals surface area contributed by atoms with Crippen molar-refractivity contribution in [2.24, 2.45) is 11.8 Å². The third-order valence-corrected chi connectivity index (χ3v) is 3.11. The average Bonchev–Trinajstić information content (AvgIpc) is 2.01. The van der Waals surface area contributed by atoms with Crippen LogP contribution in [0.3, 0.4) is 0 Å². The Hall–Kier alpha value is -0.570. The number of hydrogen-bond donors (Lipinski definition) is 1. The third-order valence-electron chi connectivity index (χ3n) is 3.11. The fraction of sp³-hybridized carbons (Fsp3) is 0.900. The molecule has 3 heteroatoms. The second-order valence-corrected chi connectivity index (χ2v) is 4.53. The second-order valence-electron chi connectivity index (χ2n) is 4.53. The molecule has 0 aromatic carbocycles. The molecule has 1 N–H and O–H groups in total.